The molecule has 3 N–H and O–H groups in total. The van der Waals surface area contributed by atoms with Gasteiger partial charge in [-0.2, -0.15) is 5.26 Å². The Morgan fingerprint density at radius 1 is 1.29 bits per heavy atom. The third-order valence-corrected chi connectivity index (χ3v) is 4.61. The Labute approximate surface area is 124 Å². The van der Waals surface area contributed by atoms with Gasteiger partial charge in [-0.15, -0.1) is 0 Å². The number of amides is 1. The number of nitrogens with two attached hydrogens (primary N) is 1. The summed E-state index contributed by atoms with van der Waals surface area (Å²) >= 11 is 0. The highest BCUT2D eigenvalue weighted by Gasteiger charge is 2.14. The molecule has 114 valence electrons. The Hall–Kier alpha value is -1.91. The highest BCUT2D eigenvalue weighted by molar-refractivity contribution is 7.91. The number of primary amides is 1. The molecule has 0 saturated heterocycles. The van der Waals surface area contributed by atoms with Gasteiger partial charge in [-0.3, -0.25) is 4.79 Å². The number of nitriles is 1. The molecule has 1 amide bonds. The highest BCUT2D eigenvalue weighted by Crippen LogP contribution is 2.12. The lowest BCUT2D eigenvalue weighted by Crippen LogP contribution is -2.24. The minimum atomic E-state index is -3.39. The maximum atomic E-state index is 12.1. The van der Waals surface area contributed by atoms with Gasteiger partial charge in [0, 0.05) is 13.0 Å². The van der Waals surface area contributed by atoms with Gasteiger partial charge in [0.15, 0.2) is 9.84 Å². The smallest absolute Gasteiger partial charge is 0.217 e. The molecule has 0 spiro atoms. The van der Waals surface area contributed by atoms with Crippen LogP contribution >= 0.6 is 0 Å². The van der Waals surface area contributed by atoms with Crippen molar-refractivity contribution < 1.29 is 13.2 Å². The van der Waals surface area contributed by atoms with Gasteiger partial charge < -0.3 is 11.1 Å². The summed E-state index contributed by atoms with van der Waals surface area (Å²) in [6, 6.07) is 7.91. The van der Waals surface area contributed by atoms with Gasteiger partial charge in [-0.05, 0) is 37.6 Å². The van der Waals surface area contributed by atoms with Crippen molar-refractivity contribution in [3.8, 4) is 6.07 Å². The molecule has 21 heavy (non-hydrogen) atoms. The molecule has 7 heteroatoms. The zero-order chi connectivity index (χ0) is 15.7. The van der Waals surface area contributed by atoms with E-state index >= 15 is 0 Å². The number of benzene rings is 1. The van der Waals surface area contributed by atoms with Gasteiger partial charge in [0.1, 0.15) is 0 Å². The number of hydrogen-bond acceptors (Lipinski definition) is 5. The molecule has 6 nitrogen and oxygen atoms in total. The summed E-state index contributed by atoms with van der Waals surface area (Å²) in [5.74, 6) is -0.354. The van der Waals surface area contributed by atoms with Crippen molar-refractivity contribution in [2.75, 3.05) is 18.8 Å². The van der Waals surface area contributed by atoms with Gasteiger partial charge in [-0.25, -0.2) is 8.42 Å². The van der Waals surface area contributed by atoms with Crippen LogP contribution in [0.15, 0.2) is 29.2 Å². The fraction of sp³-hybridized carbons (Fsp3) is 0.429. The van der Waals surface area contributed by atoms with E-state index in [0.29, 0.717) is 31.5 Å². The van der Waals surface area contributed by atoms with E-state index in [0.717, 1.165) is 6.42 Å². The number of sulfone groups is 1. The molecule has 0 atom stereocenters. The maximum Gasteiger partial charge on any atom is 0.217 e. The van der Waals surface area contributed by atoms with Crippen LogP contribution < -0.4 is 11.1 Å². The first kappa shape index (κ1) is 17.1. The molecule has 0 aliphatic rings. The predicted octanol–water partition coefficient (Wildman–Crippen LogP) is 0.577. The zero-order valence-corrected chi connectivity index (χ0v) is 12.5. The molecular weight excluding hydrogens is 290 g/mol. The topological polar surface area (TPSA) is 113 Å². The quantitative estimate of drug-likeness (QED) is 0.648. The van der Waals surface area contributed by atoms with Crippen LogP contribution in [-0.2, 0) is 14.6 Å². The lowest BCUT2D eigenvalue weighted by Gasteiger charge is -2.06. The van der Waals surface area contributed by atoms with E-state index in [1.54, 1.807) is 12.1 Å². The summed E-state index contributed by atoms with van der Waals surface area (Å²) in [6.45, 7) is 0.969. The molecule has 0 fully saturated rings. The molecule has 1 aromatic rings. The molecular formula is C14H19N3O3S. The van der Waals surface area contributed by atoms with E-state index in [-0.39, 0.29) is 16.6 Å². The van der Waals surface area contributed by atoms with E-state index in [1.165, 1.54) is 12.1 Å². The molecule has 1 rings (SSSR count). The van der Waals surface area contributed by atoms with Gasteiger partial charge in [-0.1, -0.05) is 6.07 Å². The van der Waals surface area contributed by atoms with Crippen LogP contribution in [0, 0.1) is 11.3 Å². The number of hydrogen-bond donors (Lipinski definition) is 2. The zero-order valence-electron chi connectivity index (χ0n) is 11.7. The van der Waals surface area contributed by atoms with E-state index in [1.807, 2.05) is 6.07 Å². The molecule has 0 aromatic heterocycles. The Balaban J connectivity index is 2.36. The van der Waals surface area contributed by atoms with Crippen LogP contribution in [0.1, 0.15) is 24.8 Å². The van der Waals surface area contributed by atoms with Crippen LogP contribution in [0.4, 0.5) is 0 Å². The first-order valence-electron chi connectivity index (χ1n) is 6.67. The number of rotatable bonds is 9. The van der Waals surface area contributed by atoms with E-state index in [2.05, 4.69) is 5.32 Å². The monoisotopic (exact) mass is 309 g/mol. The van der Waals surface area contributed by atoms with Crippen LogP contribution in [0.5, 0.6) is 0 Å². The second kappa shape index (κ2) is 8.39. The van der Waals surface area contributed by atoms with E-state index < -0.39 is 9.84 Å². The van der Waals surface area contributed by atoms with Gasteiger partial charge in [0.2, 0.25) is 5.91 Å². The fourth-order valence-corrected chi connectivity index (χ4v) is 3.00. The average Bonchev–Trinajstić information content (AvgIpc) is 2.46. The average molecular weight is 309 g/mol. The second-order valence-electron chi connectivity index (χ2n) is 4.63. The predicted molar refractivity (Wildman–Crippen MR) is 79.1 cm³/mol. The highest BCUT2D eigenvalue weighted by atomic mass is 32.2. The first-order chi connectivity index (χ1) is 9.95. The molecule has 0 heterocycles. The second-order valence-corrected chi connectivity index (χ2v) is 6.74. The summed E-state index contributed by atoms with van der Waals surface area (Å²) in [5.41, 5.74) is 5.35. The van der Waals surface area contributed by atoms with Crippen molar-refractivity contribution >= 4 is 15.7 Å². The first-order valence-corrected chi connectivity index (χ1v) is 8.33. The van der Waals surface area contributed by atoms with Crippen LogP contribution in [0.25, 0.3) is 0 Å². The lowest BCUT2D eigenvalue weighted by atomic mass is 10.2. The minimum absolute atomic E-state index is 0.0301. The normalized spacial score (nSPS) is 11.0. The molecule has 1 aromatic carbocycles. The Morgan fingerprint density at radius 3 is 2.71 bits per heavy atom. The van der Waals surface area contributed by atoms with E-state index in [4.69, 9.17) is 11.0 Å². The van der Waals surface area contributed by atoms with Crippen LogP contribution in [0.3, 0.4) is 0 Å². The number of carbonyl (C=O) groups is 1. The van der Waals surface area contributed by atoms with Crippen molar-refractivity contribution in [1.82, 2.24) is 5.32 Å². The minimum Gasteiger partial charge on any atom is -0.370 e. The number of nitrogens with zero attached hydrogens (tertiary/aromatic N) is 1. The molecule has 0 aliphatic carbocycles. The number of nitrogens with one attached hydrogen (secondary N) is 1. The Morgan fingerprint density at radius 2 is 2.05 bits per heavy atom. The van der Waals surface area contributed by atoms with Crippen molar-refractivity contribution in [2.45, 2.75) is 24.2 Å². The van der Waals surface area contributed by atoms with Crippen LogP contribution in [-0.4, -0.2) is 33.2 Å². The van der Waals surface area contributed by atoms with Gasteiger partial charge in [0.25, 0.3) is 0 Å². The summed E-state index contributed by atoms with van der Waals surface area (Å²) in [5, 5.41) is 11.8. The van der Waals surface area contributed by atoms with Gasteiger partial charge in [0.05, 0.1) is 22.3 Å². The summed E-state index contributed by atoms with van der Waals surface area (Å²) < 4.78 is 24.1. The van der Waals surface area contributed by atoms with Crippen molar-refractivity contribution in [1.29, 1.82) is 5.26 Å². The fourth-order valence-electron chi connectivity index (χ4n) is 1.76. The summed E-state index contributed by atoms with van der Waals surface area (Å²) in [7, 11) is -3.39. The molecule has 0 saturated carbocycles. The van der Waals surface area contributed by atoms with Crippen molar-refractivity contribution in [3.63, 3.8) is 0 Å². The molecule has 0 unspecified atom stereocenters. The number of carbonyl (C=O) groups excluding carboxylic acids is 1. The third kappa shape index (κ3) is 6.38. The van der Waals surface area contributed by atoms with E-state index in [9.17, 15) is 13.2 Å². The standard InChI is InChI=1S/C14H19N3O3S/c15-11-12-4-3-5-13(10-12)21(19,20)9-8-17-7-2-1-6-14(16)18/h3-5,10,17H,1-2,6-9H2,(H2,16,18). The molecule has 0 aliphatic heterocycles. The number of unbranched alkanes of at least 4 members (excludes halogenated alkanes) is 1. The maximum absolute atomic E-state index is 12.1. The lowest BCUT2D eigenvalue weighted by molar-refractivity contribution is -0.118. The van der Waals surface area contributed by atoms with Gasteiger partial charge >= 0.3 is 0 Å². The summed E-state index contributed by atoms with van der Waals surface area (Å²) in [6.07, 6.45) is 1.81. The third-order valence-electron chi connectivity index (χ3n) is 2.90. The Bertz CT molecular complexity index is 621. The Kier molecular flexibility index (Phi) is 6.85. The largest absolute Gasteiger partial charge is 0.370 e. The molecule has 0 bridgehead atoms. The summed E-state index contributed by atoms with van der Waals surface area (Å²) in [4.78, 5) is 10.7. The SMILES string of the molecule is N#Cc1cccc(S(=O)(=O)CCNCCCCC(N)=O)c1. The molecule has 0 radical (unpaired) electrons. The van der Waals surface area contributed by atoms with Crippen molar-refractivity contribution in [2.24, 2.45) is 5.73 Å². The van der Waals surface area contributed by atoms with Crippen LogP contribution in [0.2, 0.25) is 0 Å². The van der Waals surface area contributed by atoms with Crippen molar-refractivity contribution in [3.05, 3.63) is 29.8 Å².